The largest absolute Gasteiger partial charge is 0.494 e. The topological polar surface area (TPSA) is 110 Å². The summed E-state index contributed by atoms with van der Waals surface area (Å²) < 4.78 is 16.1. The van der Waals surface area contributed by atoms with Gasteiger partial charge >= 0.3 is 0 Å². The highest BCUT2D eigenvalue weighted by molar-refractivity contribution is 8.03. The van der Waals surface area contributed by atoms with Crippen LogP contribution in [0.5, 0.6) is 17.2 Å². The third-order valence-electron chi connectivity index (χ3n) is 4.95. The number of amides is 2. The van der Waals surface area contributed by atoms with E-state index in [1.54, 1.807) is 36.4 Å². The molecule has 164 valence electrons. The van der Waals surface area contributed by atoms with Gasteiger partial charge < -0.3 is 24.8 Å². The van der Waals surface area contributed by atoms with Gasteiger partial charge in [0.25, 0.3) is 0 Å². The van der Waals surface area contributed by atoms with Gasteiger partial charge in [0.1, 0.15) is 5.75 Å². The van der Waals surface area contributed by atoms with Crippen LogP contribution in [0.25, 0.3) is 0 Å². The van der Waals surface area contributed by atoms with Crippen LogP contribution in [0.1, 0.15) is 24.8 Å². The number of fused-ring (bicyclic) bond motifs is 1. The van der Waals surface area contributed by atoms with Gasteiger partial charge in [-0.15, -0.1) is 0 Å². The molecule has 4 rings (SSSR count). The van der Waals surface area contributed by atoms with Gasteiger partial charge in [-0.3, -0.25) is 9.59 Å². The molecule has 8 nitrogen and oxygen atoms in total. The van der Waals surface area contributed by atoms with Crippen LogP contribution in [0.3, 0.4) is 0 Å². The van der Waals surface area contributed by atoms with Crippen molar-refractivity contribution in [3.63, 3.8) is 0 Å². The minimum absolute atomic E-state index is 0.0435. The van der Waals surface area contributed by atoms with Crippen molar-refractivity contribution in [1.29, 1.82) is 5.26 Å². The first-order valence-corrected chi connectivity index (χ1v) is 11.0. The molecule has 2 aliphatic rings. The molecule has 0 radical (unpaired) electrons. The van der Waals surface area contributed by atoms with Crippen LogP contribution in [0, 0.1) is 11.3 Å². The standard InChI is InChI=1S/C23H21N3O5S/c1-2-29-16-6-4-15(5-7-16)25-22(28)12-32-23-18(11-24)17(10-21(27)26-23)14-3-8-19-20(9-14)31-13-30-19/h3-9,17H,2,10,12-13H2,1H3,(H,25,28)(H,26,27)/t17-/m1/s1. The first-order valence-electron chi connectivity index (χ1n) is 10.1. The molecule has 0 saturated carbocycles. The van der Waals surface area contributed by atoms with Crippen molar-refractivity contribution in [3.8, 4) is 23.3 Å². The Balaban J connectivity index is 1.45. The first kappa shape index (κ1) is 21.6. The fourth-order valence-corrected chi connectivity index (χ4v) is 4.36. The molecule has 9 heteroatoms. The fourth-order valence-electron chi connectivity index (χ4n) is 3.48. The summed E-state index contributed by atoms with van der Waals surface area (Å²) in [5, 5.41) is 15.7. The number of rotatable bonds is 7. The Labute approximate surface area is 189 Å². The Morgan fingerprint density at radius 1 is 1.25 bits per heavy atom. The highest BCUT2D eigenvalue weighted by Gasteiger charge is 2.31. The monoisotopic (exact) mass is 451 g/mol. The molecule has 0 fully saturated rings. The van der Waals surface area contributed by atoms with Crippen molar-refractivity contribution >= 4 is 29.3 Å². The number of thioether (sulfide) groups is 1. The second-order valence-electron chi connectivity index (χ2n) is 7.07. The van der Waals surface area contributed by atoms with E-state index in [9.17, 15) is 14.9 Å². The molecule has 2 aliphatic heterocycles. The second kappa shape index (κ2) is 9.66. The van der Waals surface area contributed by atoms with Gasteiger partial charge in [0.05, 0.1) is 29.0 Å². The lowest BCUT2D eigenvalue weighted by Gasteiger charge is -2.25. The van der Waals surface area contributed by atoms with E-state index in [1.165, 1.54) is 0 Å². The molecule has 2 amide bonds. The first-order chi connectivity index (χ1) is 15.6. The molecule has 1 atom stereocenters. The zero-order chi connectivity index (χ0) is 22.5. The Morgan fingerprint density at radius 3 is 2.78 bits per heavy atom. The lowest BCUT2D eigenvalue weighted by Crippen LogP contribution is -2.31. The lowest BCUT2D eigenvalue weighted by atomic mass is 9.87. The number of nitrogens with one attached hydrogen (secondary N) is 2. The van der Waals surface area contributed by atoms with E-state index in [4.69, 9.17) is 14.2 Å². The number of anilines is 1. The molecule has 32 heavy (non-hydrogen) atoms. The normalized spacial score (nSPS) is 16.9. The number of hydrogen-bond acceptors (Lipinski definition) is 7. The van der Waals surface area contributed by atoms with Crippen LogP contribution >= 0.6 is 11.8 Å². The van der Waals surface area contributed by atoms with Gasteiger partial charge in [-0.05, 0) is 48.9 Å². The molecule has 0 unspecified atom stereocenters. The maximum Gasteiger partial charge on any atom is 0.234 e. The van der Waals surface area contributed by atoms with E-state index in [0.29, 0.717) is 34.4 Å². The van der Waals surface area contributed by atoms with Gasteiger partial charge in [-0.25, -0.2) is 0 Å². The average Bonchev–Trinajstić information content (AvgIpc) is 3.27. The SMILES string of the molecule is CCOc1ccc(NC(=O)CSC2=C(C#N)[C@@H](c3ccc4c(c3)OCO4)CC(=O)N2)cc1. The predicted molar refractivity (Wildman–Crippen MR) is 119 cm³/mol. The van der Waals surface area contributed by atoms with Crippen LogP contribution in [-0.2, 0) is 9.59 Å². The van der Waals surface area contributed by atoms with Crippen LogP contribution < -0.4 is 24.8 Å². The minimum Gasteiger partial charge on any atom is -0.494 e. The van der Waals surface area contributed by atoms with Crippen LogP contribution in [0.2, 0.25) is 0 Å². The van der Waals surface area contributed by atoms with Crippen molar-refractivity contribution < 1.29 is 23.8 Å². The number of nitrogens with zero attached hydrogens (tertiary/aromatic N) is 1. The maximum absolute atomic E-state index is 12.4. The zero-order valence-corrected chi connectivity index (χ0v) is 18.2. The van der Waals surface area contributed by atoms with Crippen LogP contribution in [0.15, 0.2) is 53.1 Å². The Kier molecular flexibility index (Phi) is 6.52. The molecule has 2 N–H and O–H groups in total. The van der Waals surface area contributed by atoms with E-state index in [0.717, 1.165) is 23.1 Å². The van der Waals surface area contributed by atoms with Crippen molar-refractivity contribution in [3.05, 3.63) is 58.6 Å². The lowest BCUT2D eigenvalue weighted by molar-refractivity contribution is -0.121. The number of ether oxygens (including phenoxy) is 3. The molecule has 0 aliphatic carbocycles. The van der Waals surface area contributed by atoms with Gasteiger partial charge in [-0.2, -0.15) is 5.26 Å². The summed E-state index contributed by atoms with van der Waals surface area (Å²) >= 11 is 1.13. The zero-order valence-electron chi connectivity index (χ0n) is 17.3. The second-order valence-corrected chi connectivity index (χ2v) is 8.05. The van der Waals surface area contributed by atoms with Gasteiger partial charge in [0.2, 0.25) is 18.6 Å². The summed E-state index contributed by atoms with van der Waals surface area (Å²) in [6.45, 7) is 2.62. The molecular formula is C23H21N3O5S. The Hall–Kier alpha value is -3.64. The van der Waals surface area contributed by atoms with Gasteiger partial charge in [0.15, 0.2) is 11.5 Å². The fraction of sp³-hybridized carbons (Fsp3) is 0.261. The van der Waals surface area contributed by atoms with E-state index in [2.05, 4.69) is 16.7 Å². The number of hydrogen-bond donors (Lipinski definition) is 2. The molecule has 0 aromatic heterocycles. The van der Waals surface area contributed by atoms with Crippen molar-refractivity contribution in [1.82, 2.24) is 5.32 Å². The van der Waals surface area contributed by atoms with Crippen molar-refractivity contribution in [2.75, 3.05) is 24.5 Å². The maximum atomic E-state index is 12.4. The highest BCUT2D eigenvalue weighted by Crippen LogP contribution is 2.40. The average molecular weight is 452 g/mol. The van der Waals surface area contributed by atoms with E-state index >= 15 is 0 Å². The van der Waals surface area contributed by atoms with Crippen molar-refractivity contribution in [2.45, 2.75) is 19.3 Å². The highest BCUT2D eigenvalue weighted by atomic mass is 32.2. The summed E-state index contributed by atoms with van der Waals surface area (Å²) in [5.41, 5.74) is 1.85. The molecule has 2 heterocycles. The molecular weight excluding hydrogens is 430 g/mol. The molecule has 2 aromatic carbocycles. The molecule has 0 spiro atoms. The summed E-state index contributed by atoms with van der Waals surface area (Å²) in [7, 11) is 0. The van der Waals surface area contributed by atoms with E-state index in [1.807, 2.05) is 13.0 Å². The number of allylic oxidation sites excluding steroid dienone is 1. The molecule has 2 aromatic rings. The predicted octanol–water partition coefficient (Wildman–Crippen LogP) is 3.52. The summed E-state index contributed by atoms with van der Waals surface area (Å²) in [5.74, 6) is 1.13. The summed E-state index contributed by atoms with van der Waals surface area (Å²) in [6.07, 6.45) is 0.144. The smallest absolute Gasteiger partial charge is 0.234 e. The van der Waals surface area contributed by atoms with Crippen LogP contribution in [-0.4, -0.2) is 31.0 Å². The van der Waals surface area contributed by atoms with Gasteiger partial charge in [0, 0.05) is 18.0 Å². The minimum atomic E-state index is -0.417. The number of carbonyl (C=O) groups is 2. The third-order valence-corrected chi connectivity index (χ3v) is 5.97. The third kappa shape index (κ3) is 4.81. The van der Waals surface area contributed by atoms with Crippen LogP contribution in [0.4, 0.5) is 5.69 Å². The summed E-state index contributed by atoms with van der Waals surface area (Å²) in [4.78, 5) is 24.7. The number of carbonyl (C=O) groups excluding carboxylic acids is 2. The van der Waals surface area contributed by atoms with E-state index in [-0.39, 0.29) is 30.8 Å². The Morgan fingerprint density at radius 2 is 2.03 bits per heavy atom. The van der Waals surface area contributed by atoms with E-state index < -0.39 is 5.92 Å². The number of nitriles is 1. The molecule has 0 bridgehead atoms. The molecule has 0 saturated heterocycles. The van der Waals surface area contributed by atoms with Gasteiger partial charge in [-0.1, -0.05) is 17.8 Å². The quantitative estimate of drug-likeness (QED) is 0.663. The Bertz CT molecular complexity index is 1110. The summed E-state index contributed by atoms with van der Waals surface area (Å²) in [6, 6.07) is 14.7. The number of benzene rings is 2. The van der Waals surface area contributed by atoms with Crippen molar-refractivity contribution in [2.24, 2.45) is 0 Å².